The van der Waals surface area contributed by atoms with Crippen LogP contribution >= 0.6 is 15.9 Å². The van der Waals surface area contributed by atoms with Gasteiger partial charge in [-0.2, -0.15) is 0 Å². The SMILES string of the molecule is Cc1ccc(F)cc1C(=O)Nc1cccc(Br)c1. The highest BCUT2D eigenvalue weighted by Gasteiger charge is 2.10. The van der Waals surface area contributed by atoms with Crippen LogP contribution in [0.5, 0.6) is 0 Å². The lowest BCUT2D eigenvalue weighted by Gasteiger charge is -2.08. The van der Waals surface area contributed by atoms with Gasteiger partial charge in [0.15, 0.2) is 0 Å². The van der Waals surface area contributed by atoms with Crippen LogP contribution in [0.3, 0.4) is 0 Å². The normalized spacial score (nSPS) is 10.2. The van der Waals surface area contributed by atoms with E-state index in [4.69, 9.17) is 0 Å². The molecule has 0 aliphatic heterocycles. The number of aryl methyl sites for hydroxylation is 1. The van der Waals surface area contributed by atoms with Gasteiger partial charge < -0.3 is 5.32 Å². The first-order valence-corrected chi connectivity index (χ1v) is 6.18. The fraction of sp³-hybridized carbons (Fsp3) is 0.0714. The molecule has 0 unspecified atom stereocenters. The van der Waals surface area contributed by atoms with Gasteiger partial charge in [0.25, 0.3) is 5.91 Å². The summed E-state index contributed by atoms with van der Waals surface area (Å²) in [5.41, 5.74) is 1.75. The predicted molar refractivity (Wildman–Crippen MR) is 73.2 cm³/mol. The van der Waals surface area contributed by atoms with Gasteiger partial charge in [0, 0.05) is 15.7 Å². The lowest BCUT2D eigenvalue weighted by molar-refractivity contribution is 0.102. The zero-order valence-electron chi connectivity index (χ0n) is 9.71. The summed E-state index contributed by atoms with van der Waals surface area (Å²) >= 11 is 3.32. The monoisotopic (exact) mass is 307 g/mol. The lowest BCUT2D eigenvalue weighted by atomic mass is 10.1. The van der Waals surface area contributed by atoms with E-state index in [9.17, 15) is 9.18 Å². The van der Waals surface area contributed by atoms with E-state index in [-0.39, 0.29) is 5.91 Å². The highest BCUT2D eigenvalue weighted by molar-refractivity contribution is 9.10. The second kappa shape index (κ2) is 5.31. The minimum absolute atomic E-state index is 0.315. The molecule has 0 atom stereocenters. The van der Waals surface area contributed by atoms with Crippen LogP contribution < -0.4 is 5.32 Å². The zero-order valence-corrected chi connectivity index (χ0v) is 11.3. The number of hydrogen-bond donors (Lipinski definition) is 1. The first-order valence-electron chi connectivity index (χ1n) is 5.39. The Morgan fingerprint density at radius 3 is 2.72 bits per heavy atom. The van der Waals surface area contributed by atoms with E-state index in [1.807, 2.05) is 12.1 Å². The Bertz CT molecular complexity index is 598. The van der Waals surface area contributed by atoms with Crippen LogP contribution in [0.1, 0.15) is 15.9 Å². The van der Waals surface area contributed by atoms with Gasteiger partial charge in [-0.15, -0.1) is 0 Å². The van der Waals surface area contributed by atoms with Gasteiger partial charge in [0.05, 0.1) is 0 Å². The summed E-state index contributed by atoms with van der Waals surface area (Å²) in [6.07, 6.45) is 0. The molecule has 4 heteroatoms. The molecule has 0 spiro atoms. The van der Waals surface area contributed by atoms with Gasteiger partial charge in [0.1, 0.15) is 5.82 Å². The van der Waals surface area contributed by atoms with E-state index in [1.165, 1.54) is 12.1 Å². The highest BCUT2D eigenvalue weighted by atomic mass is 79.9. The summed E-state index contributed by atoms with van der Waals surface area (Å²) in [4.78, 5) is 12.0. The molecule has 2 nitrogen and oxygen atoms in total. The topological polar surface area (TPSA) is 29.1 Å². The Morgan fingerprint density at radius 2 is 2.00 bits per heavy atom. The van der Waals surface area contributed by atoms with Gasteiger partial charge in [0.2, 0.25) is 0 Å². The van der Waals surface area contributed by atoms with Crippen LogP contribution in [0.2, 0.25) is 0 Å². The van der Waals surface area contributed by atoms with Crippen molar-refractivity contribution in [3.8, 4) is 0 Å². The molecule has 2 aromatic rings. The van der Waals surface area contributed by atoms with Gasteiger partial charge >= 0.3 is 0 Å². The molecule has 0 aliphatic rings. The molecule has 0 heterocycles. The van der Waals surface area contributed by atoms with E-state index < -0.39 is 5.82 Å². The van der Waals surface area contributed by atoms with Crippen molar-refractivity contribution in [1.29, 1.82) is 0 Å². The maximum Gasteiger partial charge on any atom is 0.256 e. The van der Waals surface area contributed by atoms with Crippen molar-refractivity contribution in [3.63, 3.8) is 0 Å². The number of hydrogen-bond acceptors (Lipinski definition) is 1. The predicted octanol–water partition coefficient (Wildman–Crippen LogP) is 4.15. The average Bonchev–Trinajstić information content (AvgIpc) is 2.32. The van der Waals surface area contributed by atoms with Crippen molar-refractivity contribution in [1.82, 2.24) is 0 Å². The second-order valence-corrected chi connectivity index (χ2v) is 4.84. The molecule has 1 amide bonds. The van der Waals surface area contributed by atoms with Crippen LogP contribution in [0, 0.1) is 12.7 Å². The Morgan fingerprint density at radius 1 is 1.22 bits per heavy atom. The molecule has 18 heavy (non-hydrogen) atoms. The quantitative estimate of drug-likeness (QED) is 0.887. The van der Waals surface area contributed by atoms with E-state index in [1.54, 1.807) is 25.1 Å². The van der Waals surface area contributed by atoms with Crippen molar-refractivity contribution < 1.29 is 9.18 Å². The number of halogens is 2. The fourth-order valence-electron chi connectivity index (χ4n) is 1.60. The molecule has 2 aromatic carbocycles. The Kier molecular flexibility index (Phi) is 3.77. The smallest absolute Gasteiger partial charge is 0.256 e. The number of benzene rings is 2. The summed E-state index contributed by atoms with van der Waals surface area (Å²) < 4.78 is 14.0. The molecule has 0 radical (unpaired) electrons. The molecule has 1 N–H and O–H groups in total. The van der Waals surface area contributed by atoms with Crippen molar-refractivity contribution in [2.75, 3.05) is 5.32 Å². The third-order valence-corrected chi connectivity index (χ3v) is 3.02. The minimum Gasteiger partial charge on any atom is -0.322 e. The average molecular weight is 308 g/mol. The number of rotatable bonds is 2. The molecule has 0 fully saturated rings. The third-order valence-electron chi connectivity index (χ3n) is 2.53. The van der Waals surface area contributed by atoms with Crippen molar-refractivity contribution in [2.45, 2.75) is 6.92 Å². The number of amides is 1. The number of nitrogens with one attached hydrogen (secondary N) is 1. The number of carbonyl (C=O) groups excluding carboxylic acids is 1. The van der Waals surface area contributed by atoms with Gasteiger partial charge in [-0.3, -0.25) is 4.79 Å². The van der Waals surface area contributed by atoms with E-state index >= 15 is 0 Å². The Balaban J connectivity index is 2.24. The maximum absolute atomic E-state index is 13.1. The number of anilines is 1. The first kappa shape index (κ1) is 12.8. The fourth-order valence-corrected chi connectivity index (χ4v) is 2.00. The summed E-state index contributed by atoms with van der Waals surface area (Å²) in [6, 6.07) is 11.4. The van der Waals surface area contributed by atoms with Gasteiger partial charge in [-0.25, -0.2) is 4.39 Å². The van der Waals surface area contributed by atoms with Crippen molar-refractivity contribution in [3.05, 3.63) is 63.9 Å². The van der Waals surface area contributed by atoms with Crippen LogP contribution in [0.15, 0.2) is 46.9 Å². The minimum atomic E-state index is -0.417. The molecular formula is C14H11BrFNO. The molecule has 0 saturated carbocycles. The van der Waals surface area contributed by atoms with Crippen LogP contribution in [0.4, 0.5) is 10.1 Å². The molecule has 0 aromatic heterocycles. The molecular weight excluding hydrogens is 297 g/mol. The lowest BCUT2D eigenvalue weighted by Crippen LogP contribution is -2.13. The Hall–Kier alpha value is -1.68. The first-order chi connectivity index (χ1) is 8.56. The molecule has 0 saturated heterocycles. The molecule has 2 rings (SSSR count). The summed E-state index contributed by atoms with van der Waals surface area (Å²) in [5.74, 6) is -0.731. The van der Waals surface area contributed by atoms with Gasteiger partial charge in [-0.1, -0.05) is 28.1 Å². The molecule has 0 aliphatic carbocycles. The van der Waals surface area contributed by atoms with Crippen LogP contribution in [0.25, 0.3) is 0 Å². The molecule has 0 bridgehead atoms. The standard InChI is InChI=1S/C14H11BrFNO/c1-9-5-6-11(16)8-13(9)14(18)17-12-4-2-3-10(15)7-12/h2-8H,1H3,(H,17,18). The maximum atomic E-state index is 13.1. The van der Waals surface area contributed by atoms with E-state index in [2.05, 4.69) is 21.2 Å². The van der Waals surface area contributed by atoms with E-state index in [0.29, 0.717) is 11.3 Å². The van der Waals surface area contributed by atoms with Crippen molar-refractivity contribution in [2.24, 2.45) is 0 Å². The second-order valence-electron chi connectivity index (χ2n) is 3.92. The molecule has 92 valence electrons. The van der Waals surface area contributed by atoms with E-state index in [0.717, 1.165) is 10.0 Å². The van der Waals surface area contributed by atoms with Crippen LogP contribution in [-0.4, -0.2) is 5.91 Å². The summed E-state index contributed by atoms with van der Waals surface area (Å²) in [6.45, 7) is 1.77. The summed E-state index contributed by atoms with van der Waals surface area (Å²) in [7, 11) is 0. The Labute approximate surface area is 113 Å². The summed E-state index contributed by atoms with van der Waals surface area (Å²) in [5, 5.41) is 2.73. The van der Waals surface area contributed by atoms with Crippen molar-refractivity contribution >= 4 is 27.5 Å². The number of carbonyl (C=O) groups is 1. The highest BCUT2D eigenvalue weighted by Crippen LogP contribution is 2.17. The third kappa shape index (κ3) is 2.96. The largest absolute Gasteiger partial charge is 0.322 e. The van der Waals surface area contributed by atoms with Crippen LogP contribution in [-0.2, 0) is 0 Å². The zero-order chi connectivity index (χ0) is 13.1. The van der Waals surface area contributed by atoms with Gasteiger partial charge in [-0.05, 0) is 42.8 Å².